The van der Waals surface area contributed by atoms with Gasteiger partial charge in [-0.1, -0.05) is 18.2 Å². The van der Waals surface area contributed by atoms with Crippen molar-refractivity contribution in [3.8, 4) is 0 Å². The van der Waals surface area contributed by atoms with Crippen molar-refractivity contribution in [1.29, 1.82) is 0 Å². The predicted octanol–water partition coefficient (Wildman–Crippen LogP) is 4.82. The molecule has 0 bridgehead atoms. The summed E-state index contributed by atoms with van der Waals surface area (Å²) in [7, 11) is 0. The molecule has 2 aromatic carbocycles. The summed E-state index contributed by atoms with van der Waals surface area (Å²) < 4.78 is 3.82. The lowest BCUT2D eigenvalue weighted by Crippen LogP contribution is -2.14. The van der Waals surface area contributed by atoms with E-state index in [1.165, 1.54) is 0 Å². The number of fused-ring (bicyclic) bond motifs is 1. The van der Waals surface area contributed by atoms with Crippen LogP contribution in [0.1, 0.15) is 46.9 Å². The summed E-state index contributed by atoms with van der Waals surface area (Å²) in [6.07, 6.45) is 9.07. The van der Waals surface area contributed by atoms with E-state index in [0.717, 1.165) is 41.0 Å². The Kier molecular flexibility index (Phi) is 6.44. The summed E-state index contributed by atoms with van der Waals surface area (Å²) in [5.74, 6) is 0.505. The van der Waals surface area contributed by atoms with Crippen LogP contribution in [0.3, 0.4) is 0 Å². The van der Waals surface area contributed by atoms with Gasteiger partial charge in [-0.25, -0.2) is 15.0 Å². The van der Waals surface area contributed by atoms with Crippen molar-refractivity contribution in [2.24, 2.45) is 0 Å². The average molecular weight is 481 g/mol. The summed E-state index contributed by atoms with van der Waals surface area (Å²) in [4.78, 5) is 26.1. The molecule has 0 aliphatic heterocycles. The second kappa shape index (κ2) is 9.99. The van der Waals surface area contributed by atoms with Crippen LogP contribution in [0.15, 0.2) is 73.6 Å². The molecule has 36 heavy (non-hydrogen) atoms. The van der Waals surface area contributed by atoms with Crippen LogP contribution >= 0.6 is 0 Å². The molecule has 0 saturated heterocycles. The molecule has 3 heterocycles. The molecule has 5 aromatic rings. The minimum Gasteiger partial charge on any atom is -0.362 e. The van der Waals surface area contributed by atoms with E-state index in [1.807, 2.05) is 84.9 Å². The van der Waals surface area contributed by atoms with E-state index in [1.54, 1.807) is 18.7 Å². The van der Waals surface area contributed by atoms with Crippen molar-refractivity contribution in [3.63, 3.8) is 0 Å². The number of benzene rings is 2. The third-order valence-electron chi connectivity index (χ3n) is 6.13. The average Bonchev–Trinajstić information content (AvgIpc) is 3.54. The first kappa shape index (κ1) is 23.2. The third kappa shape index (κ3) is 5.10. The van der Waals surface area contributed by atoms with E-state index in [2.05, 4.69) is 30.7 Å². The van der Waals surface area contributed by atoms with Crippen LogP contribution in [0.2, 0.25) is 0 Å². The Hall–Kier alpha value is -4.53. The van der Waals surface area contributed by atoms with E-state index in [4.69, 9.17) is 0 Å². The molecular weight excluding hydrogens is 452 g/mol. The number of aromatic nitrogens is 6. The second-order valence-electron chi connectivity index (χ2n) is 8.77. The zero-order valence-corrected chi connectivity index (χ0v) is 20.5. The van der Waals surface area contributed by atoms with Gasteiger partial charge in [0.1, 0.15) is 11.3 Å². The summed E-state index contributed by atoms with van der Waals surface area (Å²) in [6, 6.07) is 13.5. The fraction of sp³-hybridized carbons (Fsp3) is 0.222. The van der Waals surface area contributed by atoms with E-state index in [0.29, 0.717) is 17.0 Å². The molecule has 0 unspecified atom stereocenters. The first-order valence-electron chi connectivity index (χ1n) is 11.9. The highest BCUT2D eigenvalue weighted by molar-refractivity contribution is 6.04. The topological polar surface area (TPSA) is 103 Å². The van der Waals surface area contributed by atoms with Crippen molar-refractivity contribution in [2.45, 2.75) is 39.9 Å². The van der Waals surface area contributed by atoms with Crippen LogP contribution in [0, 0.1) is 6.92 Å². The molecule has 0 aliphatic rings. The largest absolute Gasteiger partial charge is 0.362 e. The lowest BCUT2D eigenvalue weighted by Gasteiger charge is -2.16. The number of carbonyl (C=O) groups is 1. The van der Waals surface area contributed by atoms with Gasteiger partial charge in [-0.2, -0.15) is 5.10 Å². The fourth-order valence-corrected chi connectivity index (χ4v) is 4.06. The highest BCUT2D eigenvalue weighted by atomic mass is 16.1. The Balaban J connectivity index is 1.26. The van der Waals surface area contributed by atoms with Gasteiger partial charge in [0.25, 0.3) is 5.91 Å². The number of carbonyl (C=O) groups excluding carboxylic acids is 1. The normalized spacial score (nSPS) is 12.0. The number of aryl methyl sites for hydroxylation is 2. The number of anilines is 2. The van der Waals surface area contributed by atoms with Gasteiger partial charge in [0, 0.05) is 36.7 Å². The van der Waals surface area contributed by atoms with Gasteiger partial charge < -0.3 is 15.2 Å². The Labute approximate surface area is 209 Å². The minimum atomic E-state index is -0.145. The molecule has 0 spiro atoms. The fourth-order valence-electron chi connectivity index (χ4n) is 4.06. The first-order valence-corrected chi connectivity index (χ1v) is 11.9. The number of rotatable bonds is 8. The summed E-state index contributed by atoms with van der Waals surface area (Å²) in [5.41, 5.74) is 5.95. The molecule has 0 saturated carbocycles. The number of imidazole rings is 1. The van der Waals surface area contributed by atoms with Crippen LogP contribution < -0.4 is 10.6 Å². The maximum atomic E-state index is 12.9. The SMILES string of the molecule is CCn1cc2ncc(N[C@@H](C)c3cccc(NC(=O)c4ccc(Cn5ccnc5)c(C)c4)c3)nc2n1. The third-order valence-corrected chi connectivity index (χ3v) is 6.13. The van der Waals surface area contributed by atoms with Crippen LogP contribution in [-0.2, 0) is 13.1 Å². The Bertz CT molecular complexity index is 1510. The Morgan fingerprint density at radius 2 is 2.06 bits per heavy atom. The second-order valence-corrected chi connectivity index (χ2v) is 8.77. The van der Waals surface area contributed by atoms with Gasteiger partial charge in [-0.15, -0.1) is 0 Å². The van der Waals surface area contributed by atoms with Crippen molar-refractivity contribution < 1.29 is 4.79 Å². The summed E-state index contributed by atoms with van der Waals surface area (Å²) in [6.45, 7) is 7.57. The van der Waals surface area contributed by atoms with E-state index in [9.17, 15) is 4.79 Å². The highest BCUT2D eigenvalue weighted by Gasteiger charge is 2.12. The number of nitrogens with one attached hydrogen (secondary N) is 2. The van der Waals surface area contributed by atoms with Crippen molar-refractivity contribution in [3.05, 3.63) is 95.8 Å². The maximum absolute atomic E-state index is 12.9. The van der Waals surface area contributed by atoms with Crippen molar-refractivity contribution in [1.82, 2.24) is 29.3 Å². The monoisotopic (exact) mass is 480 g/mol. The van der Waals surface area contributed by atoms with Gasteiger partial charge in [0.2, 0.25) is 5.65 Å². The van der Waals surface area contributed by atoms with Crippen molar-refractivity contribution >= 4 is 28.6 Å². The number of hydrogen-bond donors (Lipinski definition) is 2. The molecule has 5 rings (SSSR count). The lowest BCUT2D eigenvalue weighted by molar-refractivity contribution is 0.102. The molecule has 1 amide bonds. The first-order chi connectivity index (χ1) is 17.5. The molecule has 182 valence electrons. The molecule has 9 heteroatoms. The van der Waals surface area contributed by atoms with E-state index in [-0.39, 0.29) is 11.9 Å². The molecular formula is C27H28N8O. The molecule has 2 N–H and O–H groups in total. The van der Waals surface area contributed by atoms with Gasteiger partial charge in [-0.3, -0.25) is 9.48 Å². The van der Waals surface area contributed by atoms with Gasteiger partial charge in [0.05, 0.1) is 24.8 Å². The smallest absolute Gasteiger partial charge is 0.255 e. The Morgan fingerprint density at radius 3 is 2.83 bits per heavy atom. The van der Waals surface area contributed by atoms with Gasteiger partial charge in [-0.05, 0) is 61.7 Å². The van der Waals surface area contributed by atoms with E-state index >= 15 is 0 Å². The predicted molar refractivity (Wildman–Crippen MR) is 140 cm³/mol. The molecule has 0 aliphatic carbocycles. The zero-order valence-electron chi connectivity index (χ0n) is 20.5. The van der Waals surface area contributed by atoms with E-state index < -0.39 is 0 Å². The Morgan fingerprint density at radius 1 is 1.17 bits per heavy atom. The van der Waals surface area contributed by atoms with Crippen LogP contribution in [0.5, 0.6) is 0 Å². The van der Waals surface area contributed by atoms with Gasteiger partial charge in [0.15, 0.2) is 0 Å². The number of amides is 1. The minimum absolute atomic E-state index is 0.0495. The van der Waals surface area contributed by atoms with Crippen LogP contribution in [0.4, 0.5) is 11.5 Å². The van der Waals surface area contributed by atoms with Crippen LogP contribution in [-0.4, -0.2) is 35.2 Å². The number of hydrogen-bond acceptors (Lipinski definition) is 6. The van der Waals surface area contributed by atoms with Crippen LogP contribution in [0.25, 0.3) is 11.2 Å². The molecule has 9 nitrogen and oxygen atoms in total. The summed E-state index contributed by atoms with van der Waals surface area (Å²) >= 11 is 0. The highest BCUT2D eigenvalue weighted by Crippen LogP contribution is 2.22. The zero-order chi connectivity index (χ0) is 25.1. The summed E-state index contributed by atoms with van der Waals surface area (Å²) in [5, 5.41) is 10.8. The molecule has 0 fully saturated rings. The molecule has 0 radical (unpaired) electrons. The number of nitrogens with zero attached hydrogens (tertiary/aromatic N) is 6. The van der Waals surface area contributed by atoms with Crippen molar-refractivity contribution in [2.75, 3.05) is 10.6 Å². The maximum Gasteiger partial charge on any atom is 0.255 e. The van der Waals surface area contributed by atoms with Gasteiger partial charge >= 0.3 is 0 Å². The standard InChI is InChI=1S/C27H28N8O/c1-4-35-16-24-26(33-35)32-25(14-29-24)30-19(3)20-6-5-7-23(13-20)31-27(36)21-8-9-22(18(2)12-21)15-34-11-10-28-17-34/h5-14,16-17,19H,4,15H2,1-3H3,(H,31,36)(H,30,32,33)/t19-/m0/s1. The lowest BCUT2D eigenvalue weighted by atomic mass is 10.0. The molecule has 3 aromatic heterocycles. The quantitative estimate of drug-likeness (QED) is 0.330. The molecule has 1 atom stereocenters.